The van der Waals surface area contributed by atoms with Crippen molar-refractivity contribution in [3.8, 4) is 0 Å². The second-order valence-electron chi connectivity index (χ2n) is 7.24. The summed E-state index contributed by atoms with van der Waals surface area (Å²) >= 11 is 6.20. The van der Waals surface area contributed by atoms with E-state index in [9.17, 15) is 13.2 Å². The van der Waals surface area contributed by atoms with Crippen LogP contribution in [0.3, 0.4) is 0 Å². The molecule has 0 saturated carbocycles. The number of rotatable bonds is 6. The van der Waals surface area contributed by atoms with Gasteiger partial charge in [-0.1, -0.05) is 35.9 Å². The fourth-order valence-electron chi connectivity index (χ4n) is 3.21. The average molecular weight is 443 g/mol. The van der Waals surface area contributed by atoms with Gasteiger partial charge in [-0.25, -0.2) is 8.42 Å². The monoisotopic (exact) mass is 442 g/mol. The molecule has 3 aromatic carbocycles. The molecule has 0 heterocycles. The van der Waals surface area contributed by atoms with Gasteiger partial charge in [-0.2, -0.15) is 0 Å². The maximum Gasteiger partial charge on any atom is 0.255 e. The molecule has 0 aliphatic carbocycles. The molecule has 7 heteroatoms. The number of nitrogens with one attached hydrogen (secondary N) is 1. The highest BCUT2D eigenvalue weighted by atomic mass is 35.5. The van der Waals surface area contributed by atoms with E-state index in [1.807, 2.05) is 38.1 Å². The molecule has 0 fully saturated rings. The largest absolute Gasteiger partial charge is 0.322 e. The lowest BCUT2D eigenvalue weighted by Gasteiger charge is -2.23. The number of hydrogen-bond acceptors (Lipinski definition) is 3. The van der Waals surface area contributed by atoms with Crippen LogP contribution in [-0.4, -0.2) is 20.6 Å². The summed E-state index contributed by atoms with van der Waals surface area (Å²) < 4.78 is 26.0. The molecule has 30 heavy (non-hydrogen) atoms. The number of sulfonamides is 1. The minimum atomic E-state index is -3.55. The van der Waals surface area contributed by atoms with E-state index in [1.54, 1.807) is 42.5 Å². The van der Waals surface area contributed by atoms with Crippen LogP contribution in [0, 0.1) is 13.8 Å². The minimum absolute atomic E-state index is 0.104. The minimum Gasteiger partial charge on any atom is -0.322 e. The molecule has 0 saturated heterocycles. The first kappa shape index (κ1) is 21.9. The number of carbonyl (C=O) groups is 1. The predicted octanol–water partition coefficient (Wildman–Crippen LogP) is 5.18. The zero-order valence-electron chi connectivity index (χ0n) is 17.0. The van der Waals surface area contributed by atoms with Crippen molar-refractivity contribution < 1.29 is 13.2 Å². The molecule has 3 rings (SSSR count). The van der Waals surface area contributed by atoms with Crippen LogP contribution in [0.1, 0.15) is 27.0 Å². The molecule has 1 N–H and O–H groups in total. The van der Waals surface area contributed by atoms with Crippen molar-refractivity contribution in [1.82, 2.24) is 0 Å². The van der Waals surface area contributed by atoms with Crippen molar-refractivity contribution in [1.29, 1.82) is 0 Å². The average Bonchev–Trinajstić information content (AvgIpc) is 2.66. The first-order valence-electron chi connectivity index (χ1n) is 9.34. The van der Waals surface area contributed by atoms with Crippen LogP contribution in [0.4, 0.5) is 11.4 Å². The van der Waals surface area contributed by atoms with E-state index < -0.39 is 10.0 Å². The first-order valence-corrected chi connectivity index (χ1v) is 11.6. The van der Waals surface area contributed by atoms with Gasteiger partial charge >= 0.3 is 0 Å². The summed E-state index contributed by atoms with van der Waals surface area (Å²) in [5.74, 6) is -0.261. The van der Waals surface area contributed by atoms with Crippen LogP contribution in [0.5, 0.6) is 0 Å². The Balaban J connectivity index is 1.82. The molecule has 5 nitrogen and oxygen atoms in total. The van der Waals surface area contributed by atoms with Crippen molar-refractivity contribution in [3.63, 3.8) is 0 Å². The zero-order chi connectivity index (χ0) is 21.9. The number of aryl methyl sites for hydroxylation is 2. The van der Waals surface area contributed by atoms with Crippen molar-refractivity contribution in [2.75, 3.05) is 15.9 Å². The van der Waals surface area contributed by atoms with E-state index in [1.165, 1.54) is 4.31 Å². The Morgan fingerprint density at radius 3 is 2.13 bits per heavy atom. The highest BCUT2D eigenvalue weighted by molar-refractivity contribution is 7.92. The second-order valence-corrected chi connectivity index (χ2v) is 9.55. The van der Waals surface area contributed by atoms with Crippen molar-refractivity contribution in [3.05, 3.63) is 94.0 Å². The Bertz CT molecular complexity index is 1160. The number of amides is 1. The van der Waals surface area contributed by atoms with Gasteiger partial charge in [0.15, 0.2) is 0 Å². The quantitative estimate of drug-likeness (QED) is 0.572. The maximum absolute atomic E-state index is 12.6. The molecule has 0 aliphatic rings. The lowest BCUT2D eigenvalue weighted by molar-refractivity contribution is 0.102. The van der Waals surface area contributed by atoms with Gasteiger partial charge in [0.2, 0.25) is 10.0 Å². The SMILES string of the molecule is Cc1cc(C)cc(NC(=O)c2ccc(N(Cc3ccccc3Cl)S(C)(=O)=O)cc2)c1. The third-order valence-electron chi connectivity index (χ3n) is 4.57. The molecule has 156 valence electrons. The Morgan fingerprint density at radius 1 is 0.967 bits per heavy atom. The normalized spacial score (nSPS) is 11.2. The maximum atomic E-state index is 12.6. The van der Waals surface area contributed by atoms with E-state index in [-0.39, 0.29) is 12.5 Å². The molecule has 1 amide bonds. The summed E-state index contributed by atoms with van der Waals surface area (Å²) in [6.45, 7) is 4.04. The lowest BCUT2D eigenvalue weighted by Crippen LogP contribution is -2.29. The fourth-order valence-corrected chi connectivity index (χ4v) is 4.28. The number of hydrogen-bond donors (Lipinski definition) is 1. The molecule has 0 unspecified atom stereocenters. The highest BCUT2D eigenvalue weighted by Gasteiger charge is 2.19. The van der Waals surface area contributed by atoms with Crippen LogP contribution in [0.25, 0.3) is 0 Å². The Hall–Kier alpha value is -2.83. The van der Waals surface area contributed by atoms with Crippen molar-refractivity contribution in [2.24, 2.45) is 0 Å². The molecule has 0 bridgehead atoms. The van der Waals surface area contributed by atoms with Crippen LogP contribution in [0.2, 0.25) is 5.02 Å². The third-order valence-corrected chi connectivity index (χ3v) is 6.08. The van der Waals surface area contributed by atoms with Crippen LogP contribution < -0.4 is 9.62 Å². The van der Waals surface area contributed by atoms with E-state index >= 15 is 0 Å². The fraction of sp³-hybridized carbons (Fsp3) is 0.174. The number of benzene rings is 3. The van der Waals surface area contributed by atoms with Gasteiger partial charge in [-0.3, -0.25) is 9.10 Å². The van der Waals surface area contributed by atoms with Gasteiger partial charge in [0.1, 0.15) is 0 Å². The second kappa shape index (κ2) is 8.90. The predicted molar refractivity (Wildman–Crippen MR) is 123 cm³/mol. The van der Waals surface area contributed by atoms with Crippen LogP contribution >= 0.6 is 11.6 Å². The summed E-state index contributed by atoms with van der Waals surface area (Å²) in [5.41, 5.74) is 4.43. The van der Waals surface area contributed by atoms with Crippen LogP contribution in [-0.2, 0) is 16.6 Å². The van der Waals surface area contributed by atoms with Crippen molar-refractivity contribution in [2.45, 2.75) is 20.4 Å². The Kier molecular flexibility index (Phi) is 6.48. The number of carbonyl (C=O) groups excluding carboxylic acids is 1. The summed E-state index contributed by atoms with van der Waals surface area (Å²) in [6, 6.07) is 19.4. The molecule has 0 atom stereocenters. The van der Waals surface area contributed by atoms with Gasteiger partial charge < -0.3 is 5.32 Å². The summed E-state index contributed by atoms with van der Waals surface area (Å²) in [7, 11) is -3.55. The summed E-state index contributed by atoms with van der Waals surface area (Å²) in [6.07, 6.45) is 1.14. The van der Waals surface area contributed by atoms with Gasteiger partial charge in [0, 0.05) is 16.3 Å². The first-order chi connectivity index (χ1) is 14.1. The van der Waals surface area contributed by atoms with E-state index in [2.05, 4.69) is 5.32 Å². The number of anilines is 2. The molecular formula is C23H23ClN2O3S. The topological polar surface area (TPSA) is 66.5 Å². The molecular weight excluding hydrogens is 420 g/mol. The van der Waals surface area contributed by atoms with Gasteiger partial charge in [-0.15, -0.1) is 0 Å². The van der Waals surface area contributed by atoms with Gasteiger partial charge in [-0.05, 0) is 73.0 Å². The standard InChI is InChI=1S/C23H23ClN2O3S/c1-16-12-17(2)14-20(13-16)25-23(27)18-8-10-21(11-9-18)26(30(3,28)29)15-19-6-4-5-7-22(19)24/h4-14H,15H2,1-3H3,(H,25,27). The zero-order valence-corrected chi connectivity index (χ0v) is 18.6. The Labute approximate surface area is 182 Å². The van der Waals surface area contributed by atoms with Crippen molar-refractivity contribution >= 4 is 38.9 Å². The van der Waals surface area contributed by atoms with E-state index in [0.29, 0.717) is 21.8 Å². The molecule has 0 radical (unpaired) electrons. The van der Waals surface area contributed by atoms with E-state index in [4.69, 9.17) is 11.6 Å². The van der Waals surface area contributed by atoms with Gasteiger partial charge in [0.05, 0.1) is 18.5 Å². The molecule has 0 aliphatic heterocycles. The molecule has 0 spiro atoms. The smallest absolute Gasteiger partial charge is 0.255 e. The summed E-state index contributed by atoms with van der Waals surface area (Å²) in [5, 5.41) is 3.37. The number of halogens is 1. The number of nitrogens with zero attached hydrogens (tertiary/aromatic N) is 1. The Morgan fingerprint density at radius 2 is 1.57 bits per heavy atom. The highest BCUT2D eigenvalue weighted by Crippen LogP contribution is 2.25. The molecule has 0 aromatic heterocycles. The van der Waals surface area contributed by atoms with Gasteiger partial charge in [0.25, 0.3) is 5.91 Å². The lowest BCUT2D eigenvalue weighted by atomic mass is 10.1. The van der Waals surface area contributed by atoms with E-state index in [0.717, 1.165) is 23.1 Å². The molecule has 3 aromatic rings. The van der Waals surface area contributed by atoms with Crippen LogP contribution in [0.15, 0.2) is 66.7 Å². The third kappa shape index (κ3) is 5.40. The summed E-state index contributed by atoms with van der Waals surface area (Å²) in [4.78, 5) is 12.6.